The summed E-state index contributed by atoms with van der Waals surface area (Å²) in [4.78, 5) is 0. The maximum atomic E-state index is 5.62. The fraction of sp³-hybridized carbons (Fsp3) is 0.455. The predicted molar refractivity (Wildman–Crippen MR) is 61.2 cm³/mol. The van der Waals surface area contributed by atoms with Crippen molar-refractivity contribution < 1.29 is 9.47 Å². The lowest BCUT2D eigenvalue weighted by molar-refractivity contribution is 0.230. The molecule has 0 aliphatic carbocycles. The summed E-state index contributed by atoms with van der Waals surface area (Å²) in [5.41, 5.74) is 1.14. The number of benzene rings is 1. The van der Waals surface area contributed by atoms with Crippen LogP contribution in [0.2, 0.25) is 0 Å². The molecule has 1 rings (SSSR count). The van der Waals surface area contributed by atoms with Gasteiger partial charge >= 0.3 is 0 Å². The Labute approximate surface area is 93.4 Å². The van der Waals surface area contributed by atoms with E-state index in [2.05, 4.69) is 15.9 Å². The summed E-state index contributed by atoms with van der Waals surface area (Å²) in [6.45, 7) is 6.01. The lowest BCUT2D eigenvalue weighted by atomic mass is 10.2. The predicted octanol–water partition coefficient (Wildman–Crippen LogP) is 3.55. The number of methoxy groups -OCH3 is 1. The van der Waals surface area contributed by atoms with Gasteiger partial charge in [0, 0.05) is 4.47 Å². The molecule has 0 fully saturated rings. The molecule has 0 aliphatic rings. The van der Waals surface area contributed by atoms with E-state index in [1.54, 1.807) is 7.11 Å². The molecule has 0 amide bonds. The SMILES string of the molecule is COc1cc(C)c(Br)cc1OC(C)C. The minimum atomic E-state index is 0.151. The van der Waals surface area contributed by atoms with Crippen molar-refractivity contribution in [3.63, 3.8) is 0 Å². The summed E-state index contributed by atoms with van der Waals surface area (Å²) in [6, 6.07) is 3.90. The molecule has 0 spiro atoms. The standard InChI is InChI=1S/C11H15BrO2/c1-7(2)14-11-6-9(12)8(3)5-10(11)13-4/h5-7H,1-4H3. The minimum absolute atomic E-state index is 0.151. The first-order valence-corrected chi connectivity index (χ1v) is 5.34. The van der Waals surface area contributed by atoms with Gasteiger partial charge in [0.2, 0.25) is 0 Å². The number of hydrogen-bond donors (Lipinski definition) is 0. The van der Waals surface area contributed by atoms with Gasteiger partial charge < -0.3 is 9.47 Å². The molecule has 0 N–H and O–H groups in total. The Hall–Kier alpha value is -0.700. The summed E-state index contributed by atoms with van der Waals surface area (Å²) in [5.74, 6) is 1.55. The van der Waals surface area contributed by atoms with Crippen LogP contribution < -0.4 is 9.47 Å². The maximum absolute atomic E-state index is 5.62. The zero-order valence-electron chi connectivity index (χ0n) is 8.93. The molecule has 0 saturated carbocycles. The second-order valence-electron chi connectivity index (χ2n) is 3.42. The second kappa shape index (κ2) is 4.69. The van der Waals surface area contributed by atoms with E-state index in [0.29, 0.717) is 0 Å². The molecule has 0 bridgehead atoms. The van der Waals surface area contributed by atoms with E-state index < -0.39 is 0 Å². The Morgan fingerprint density at radius 2 is 1.86 bits per heavy atom. The molecule has 1 aromatic carbocycles. The van der Waals surface area contributed by atoms with Crippen molar-refractivity contribution in [1.82, 2.24) is 0 Å². The van der Waals surface area contributed by atoms with Gasteiger partial charge in [-0.05, 0) is 38.5 Å². The summed E-state index contributed by atoms with van der Waals surface area (Å²) in [7, 11) is 1.65. The van der Waals surface area contributed by atoms with Crippen LogP contribution in [0.25, 0.3) is 0 Å². The van der Waals surface area contributed by atoms with Crippen LogP contribution in [-0.2, 0) is 0 Å². The highest BCUT2D eigenvalue weighted by atomic mass is 79.9. The first-order chi connectivity index (χ1) is 6.54. The molecule has 3 heteroatoms. The molecule has 0 aliphatic heterocycles. The molecule has 0 radical (unpaired) electrons. The van der Waals surface area contributed by atoms with Gasteiger partial charge in [-0.3, -0.25) is 0 Å². The number of hydrogen-bond acceptors (Lipinski definition) is 2. The highest BCUT2D eigenvalue weighted by Gasteiger charge is 2.08. The van der Waals surface area contributed by atoms with E-state index in [1.165, 1.54) is 0 Å². The van der Waals surface area contributed by atoms with E-state index in [0.717, 1.165) is 21.5 Å². The molecule has 0 aromatic heterocycles. The largest absolute Gasteiger partial charge is 0.493 e. The summed E-state index contributed by atoms with van der Waals surface area (Å²) in [5, 5.41) is 0. The fourth-order valence-electron chi connectivity index (χ4n) is 1.14. The lowest BCUT2D eigenvalue weighted by Gasteiger charge is -2.14. The Morgan fingerprint density at radius 1 is 1.21 bits per heavy atom. The number of aryl methyl sites for hydroxylation is 1. The quantitative estimate of drug-likeness (QED) is 0.826. The number of halogens is 1. The van der Waals surface area contributed by atoms with Gasteiger partial charge in [-0.2, -0.15) is 0 Å². The van der Waals surface area contributed by atoms with Gasteiger partial charge in [-0.25, -0.2) is 0 Å². The van der Waals surface area contributed by atoms with Crippen LogP contribution in [0.5, 0.6) is 11.5 Å². The van der Waals surface area contributed by atoms with E-state index in [4.69, 9.17) is 9.47 Å². The third-order valence-corrected chi connectivity index (χ3v) is 2.66. The third kappa shape index (κ3) is 2.64. The van der Waals surface area contributed by atoms with Gasteiger partial charge in [0.25, 0.3) is 0 Å². The molecule has 2 nitrogen and oxygen atoms in total. The van der Waals surface area contributed by atoms with Gasteiger partial charge in [-0.1, -0.05) is 15.9 Å². The van der Waals surface area contributed by atoms with Crippen molar-refractivity contribution >= 4 is 15.9 Å². The van der Waals surface area contributed by atoms with Crippen molar-refractivity contribution in [1.29, 1.82) is 0 Å². The third-order valence-electron chi connectivity index (χ3n) is 1.81. The Kier molecular flexibility index (Phi) is 3.81. The molecular formula is C11H15BrO2. The molecule has 14 heavy (non-hydrogen) atoms. The first-order valence-electron chi connectivity index (χ1n) is 4.55. The van der Waals surface area contributed by atoms with E-state index in [-0.39, 0.29) is 6.10 Å². The van der Waals surface area contributed by atoms with Crippen LogP contribution in [0.1, 0.15) is 19.4 Å². The summed E-state index contributed by atoms with van der Waals surface area (Å²) >= 11 is 3.46. The van der Waals surface area contributed by atoms with Crippen LogP contribution in [0.3, 0.4) is 0 Å². The smallest absolute Gasteiger partial charge is 0.162 e. The van der Waals surface area contributed by atoms with E-state index in [1.807, 2.05) is 32.9 Å². The molecule has 0 saturated heterocycles. The first kappa shape index (κ1) is 11.4. The summed E-state index contributed by atoms with van der Waals surface area (Å²) in [6.07, 6.45) is 0.151. The molecule has 0 unspecified atom stereocenters. The molecule has 1 aromatic rings. The summed E-state index contributed by atoms with van der Waals surface area (Å²) < 4.78 is 11.9. The Balaban J connectivity index is 3.07. The van der Waals surface area contributed by atoms with Crippen molar-refractivity contribution in [2.45, 2.75) is 26.9 Å². The van der Waals surface area contributed by atoms with E-state index >= 15 is 0 Å². The van der Waals surface area contributed by atoms with Crippen LogP contribution in [0, 0.1) is 6.92 Å². The Morgan fingerprint density at radius 3 is 2.36 bits per heavy atom. The zero-order chi connectivity index (χ0) is 10.7. The van der Waals surface area contributed by atoms with Crippen molar-refractivity contribution in [2.24, 2.45) is 0 Å². The van der Waals surface area contributed by atoms with Crippen LogP contribution in [-0.4, -0.2) is 13.2 Å². The number of rotatable bonds is 3. The second-order valence-corrected chi connectivity index (χ2v) is 4.27. The Bertz CT molecular complexity index is 321. The van der Waals surface area contributed by atoms with E-state index in [9.17, 15) is 0 Å². The maximum Gasteiger partial charge on any atom is 0.162 e. The van der Waals surface area contributed by atoms with Gasteiger partial charge in [0.1, 0.15) is 0 Å². The molecule has 78 valence electrons. The van der Waals surface area contributed by atoms with Gasteiger partial charge in [0.15, 0.2) is 11.5 Å². The fourth-order valence-corrected chi connectivity index (χ4v) is 1.46. The highest BCUT2D eigenvalue weighted by molar-refractivity contribution is 9.10. The van der Waals surface area contributed by atoms with Crippen LogP contribution in [0.4, 0.5) is 0 Å². The van der Waals surface area contributed by atoms with Crippen LogP contribution >= 0.6 is 15.9 Å². The number of ether oxygens (including phenoxy) is 2. The van der Waals surface area contributed by atoms with Gasteiger partial charge in [0.05, 0.1) is 13.2 Å². The zero-order valence-corrected chi connectivity index (χ0v) is 10.5. The lowest BCUT2D eigenvalue weighted by Crippen LogP contribution is -2.06. The van der Waals surface area contributed by atoms with Crippen molar-refractivity contribution in [2.75, 3.05) is 7.11 Å². The molecule has 0 atom stereocenters. The normalized spacial score (nSPS) is 10.4. The van der Waals surface area contributed by atoms with Crippen LogP contribution in [0.15, 0.2) is 16.6 Å². The minimum Gasteiger partial charge on any atom is -0.493 e. The molecular weight excluding hydrogens is 244 g/mol. The van der Waals surface area contributed by atoms with Gasteiger partial charge in [-0.15, -0.1) is 0 Å². The average Bonchev–Trinajstić information content (AvgIpc) is 2.10. The highest BCUT2D eigenvalue weighted by Crippen LogP contribution is 2.33. The molecule has 0 heterocycles. The van der Waals surface area contributed by atoms with Crippen molar-refractivity contribution in [3.8, 4) is 11.5 Å². The average molecular weight is 259 g/mol. The topological polar surface area (TPSA) is 18.5 Å². The monoisotopic (exact) mass is 258 g/mol. The van der Waals surface area contributed by atoms with Crippen molar-refractivity contribution in [3.05, 3.63) is 22.2 Å².